The lowest BCUT2D eigenvalue weighted by Crippen LogP contribution is -2.42. The Balaban J connectivity index is 0.00000182. The summed E-state index contributed by atoms with van der Waals surface area (Å²) in [5, 5.41) is 0.682. The van der Waals surface area contributed by atoms with Crippen LogP contribution < -0.4 is 5.73 Å². The van der Waals surface area contributed by atoms with Gasteiger partial charge in [-0.05, 0) is 49.9 Å². The smallest absolute Gasteiger partial charge is 0.223 e. The van der Waals surface area contributed by atoms with Crippen molar-refractivity contribution in [3.8, 4) is 11.3 Å². The van der Waals surface area contributed by atoms with Gasteiger partial charge in [-0.1, -0.05) is 11.6 Å². The highest BCUT2D eigenvalue weighted by Gasteiger charge is 2.24. The van der Waals surface area contributed by atoms with Gasteiger partial charge in [0, 0.05) is 42.6 Å². The maximum atomic E-state index is 12.4. The first kappa shape index (κ1) is 23.8. The molecule has 0 radical (unpaired) electrons. The molecule has 150 valence electrons. The van der Waals surface area contributed by atoms with Crippen molar-refractivity contribution < 1.29 is 9.21 Å². The van der Waals surface area contributed by atoms with Crippen molar-refractivity contribution in [2.75, 3.05) is 13.1 Å². The Bertz CT molecular complexity index is 711. The van der Waals surface area contributed by atoms with Crippen LogP contribution in [0.4, 0.5) is 0 Å². The van der Waals surface area contributed by atoms with E-state index in [9.17, 15) is 4.79 Å². The van der Waals surface area contributed by atoms with Crippen molar-refractivity contribution in [3.05, 3.63) is 41.4 Å². The summed E-state index contributed by atoms with van der Waals surface area (Å²) >= 11 is 5.89. The standard InChI is InChI=1S/C19H24ClN3O2.2ClH/c1-13(21)14-8-10-23(11-9-14)19(24)7-6-18-22-12-17(25-18)15-2-4-16(20)5-3-15;;/h2-5,12-14H,6-11,21H2,1H3;2*1H. The maximum absolute atomic E-state index is 12.4. The Hall–Kier alpha value is -1.27. The number of aromatic nitrogens is 1. The van der Waals surface area contributed by atoms with Crippen LogP contribution in [0.2, 0.25) is 5.02 Å². The second kappa shape index (κ2) is 10.9. The summed E-state index contributed by atoms with van der Waals surface area (Å²) in [6.07, 6.45) is 4.60. The van der Waals surface area contributed by atoms with E-state index >= 15 is 0 Å². The van der Waals surface area contributed by atoms with Crippen LogP contribution in [0.1, 0.15) is 32.1 Å². The van der Waals surface area contributed by atoms with Gasteiger partial charge in [-0.2, -0.15) is 0 Å². The quantitative estimate of drug-likeness (QED) is 0.759. The first-order chi connectivity index (χ1) is 12.0. The topological polar surface area (TPSA) is 72.4 Å². The molecular formula is C19H26Cl3N3O2. The molecule has 1 aromatic heterocycles. The lowest BCUT2D eigenvalue weighted by molar-refractivity contribution is -0.132. The summed E-state index contributed by atoms with van der Waals surface area (Å²) in [5.74, 6) is 1.97. The highest BCUT2D eigenvalue weighted by atomic mass is 35.5. The Morgan fingerprint density at radius 1 is 1.30 bits per heavy atom. The van der Waals surface area contributed by atoms with Crippen molar-refractivity contribution in [2.24, 2.45) is 11.7 Å². The number of rotatable bonds is 5. The van der Waals surface area contributed by atoms with Crippen molar-refractivity contribution in [1.29, 1.82) is 0 Å². The zero-order valence-electron chi connectivity index (χ0n) is 15.3. The molecule has 1 aliphatic heterocycles. The first-order valence-electron chi connectivity index (χ1n) is 8.77. The van der Waals surface area contributed by atoms with Crippen molar-refractivity contribution in [1.82, 2.24) is 9.88 Å². The second-order valence-corrected chi connectivity index (χ2v) is 7.14. The second-order valence-electron chi connectivity index (χ2n) is 6.70. The molecule has 8 heteroatoms. The zero-order valence-corrected chi connectivity index (χ0v) is 17.7. The normalized spacial score (nSPS) is 15.6. The third-order valence-corrected chi connectivity index (χ3v) is 5.12. The number of amides is 1. The highest BCUT2D eigenvalue weighted by Crippen LogP contribution is 2.23. The number of hydrogen-bond donors (Lipinski definition) is 1. The molecule has 27 heavy (non-hydrogen) atoms. The molecule has 2 N–H and O–H groups in total. The summed E-state index contributed by atoms with van der Waals surface area (Å²) < 4.78 is 5.75. The van der Waals surface area contributed by atoms with Crippen molar-refractivity contribution >= 4 is 42.3 Å². The van der Waals surface area contributed by atoms with Gasteiger partial charge in [0.2, 0.25) is 5.91 Å². The Kier molecular flexibility index (Phi) is 9.60. The van der Waals surface area contributed by atoms with Crippen LogP contribution >= 0.6 is 36.4 Å². The Labute approximate surface area is 177 Å². The van der Waals surface area contributed by atoms with E-state index in [4.69, 9.17) is 21.8 Å². The van der Waals surface area contributed by atoms with Crippen LogP contribution in [-0.2, 0) is 11.2 Å². The van der Waals surface area contributed by atoms with E-state index in [1.807, 2.05) is 36.1 Å². The molecule has 0 saturated carbocycles. The maximum Gasteiger partial charge on any atom is 0.223 e. The summed E-state index contributed by atoms with van der Waals surface area (Å²) in [7, 11) is 0. The number of aryl methyl sites for hydroxylation is 1. The number of halogens is 3. The third kappa shape index (κ3) is 6.39. The predicted molar refractivity (Wildman–Crippen MR) is 113 cm³/mol. The number of piperidine rings is 1. The summed E-state index contributed by atoms with van der Waals surface area (Å²) in [6, 6.07) is 7.61. The monoisotopic (exact) mass is 433 g/mol. The van der Waals surface area contributed by atoms with Crippen molar-refractivity contribution in [2.45, 2.75) is 38.6 Å². The fourth-order valence-corrected chi connectivity index (χ4v) is 3.35. The minimum atomic E-state index is 0. The molecule has 0 spiro atoms. The molecule has 0 bridgehead atoms. The van der Waals surface area contributed by atoms with Gasteiger partial charge in [0.05, 0.1) is 6.20 Å². The molecule has 0 aliphatic carbocycles. The van der Waals surface area contributed by atoms with Crippen LogP contribution in [0.5, 0.6) is 0 Å². The number of nitrogens with zero attached hydrogens (tertiary/aromatic N) is 2. The molecule has 3 rings (SSSR count). The van der Waals surface area contributed by atoms with Crippen LogP contribution in [0.15, 0.2) is 34.9 Å². The van der Waals surface area contributed by atoms with Gasteiger partial charge < -0.3 is 15.1 Å². The lowest BCUT2D eigenvalue weighted by Gasteiger charge is -2.33. The highest BCUT2D eigenvalue weighted by molar-refractivity contribution is 6.30. The van der Waals surface area contributed by atoms with Crippen LogP contribution in [0, 0.1) is 5.92 Å². The number of carbonyl (C=O) groups is 1. The van der Waals surface area contributed by atoms with E-state index in [0.717, 1.165) is 31.5 Å². The molecule has 1 fully saturated rings. The number of nitrogens with two attached hydrogens (primary N) is 1. The number of benzene rings is 1. The molecule has 1 aliphatic rings. The van der Waals surface area contributed by atoms with Crippen LogP contribution in [0.25, 0.3) is 11.3 Å². The van der Waals surface area contributed by atoms with E-state index < -0.39 is 0 Å². The van der Waals surface area contributed by atoms with E-state index in [1.165, 1.54) is 0 Å². The van der Waals surface area contributed by atoms with Crippen molar-refractivity contribution in [3.63, 3.8) is 0 Å². The van der Waals surface area contributed by atoms with Gasteiger partial charge in [0.1, 0.15) is 0 Å². The number of hydrogen-bond acceptors (Lipinski definition) is 4. The van der Waals surface area contributed by atoms with E-state index in [0.29, 0.717) is 35.4 Å². The Morgan fingerprint density at radius 3 is 2.52 bits per heavy atom. The lowest BCUT2D eigenvalue weighted by atomic mass is 9.91. The molecule has 1 unspecified atom stereocenters. The summed E-state index contributed by atoms with van der Waals surface area (Å²) in [6.45, 7) is 3.64. The molecule has 1 aromatic carbocycles. The number of oxazole rings is 1. The van der Waals surface area contributed by atoms with Crippen LogP contribution in [-0.4, -0.2) is 34.9 Å². The summed E-state index contributed by atoms with van der Waals surface area (Å²) in [5.41, 5.74) is 6.87. The fourth-order valence-electron chi connectivity index (χ4n) is 3.22. The molecule has 1 atom stereocenters. The average Bonchev–Trinajstić information content (AvgIpc) is 3.09. The minimum Gasteiger partial charge on any atom is -0.441 e. The van der Waals surface area contributed by atoms with E-state index in [-0.39, 0.29) is 36.8 Å². The largest absolute Gasteiger partial charge is 0.441 e. The van der Waals surface area contributed by atoms with Gasteiger partial charge in [-0.3, -0.25) is 4.79 Å². The van der Waals surface area contributed by atoms with Crippen LogP contribution in [0.3, 0.4) is 0 Å². The molecule has 1 saturated heterocycles. The van der Waals surface area contributed by atoms with Gasteiger partial charge in [-0.25, -0.2) is 4.98 Å². The Morgan fingerprint density at radius 2 is 1.93 bits per heavy atom. The molecule has 2 aromatic rings. The zero-order chi connectivity index (χ0) is 17.8. The van der Waals surface area contributed by atoms with E-state index in [1.54, 1.807) is 6.20 Å². The molecular weight excluding hydrogens is 409 g/mol. The molecule has 5 nitrogen and oxygen atoms in total. The molecule has 2 heterocycles. The molecule has 1 amide bonds. The third-order valence-electron chi connectivity index (χ3n) is 4.87. The minimum absolute atomic E-state index is 0. The number of carbonyl (C=O) groups excluding carboxylic acids is 1. The van der Waals surface area contributed by atoms with Gasteiger partial charge in [0.25, 0.3) is 0 Å². The number of likely N-dealkylation sites (tertiary alicyclic amines) is 1. The predicted octanol–water partition coefficient (Wildman–Crippen LogP) is 4.36. The first-order valence-corrected chi connectivity index (χ1v) is 9.14. The average molecular weight is 435 g/mol. The SMILES string of the molecule is CC(N)C1CCN(C(=O)CCc2ncc(-c3ccc(Cl)cc3)o2)CC1.Cl.Cl. The van der Waals surface area contributed by atoms with Gasteiger partial charge in [0.15, 0.2) is 11.7 Å². The van der Waals surface area contributed by atoms with Gasteiger partial charge >= 0.3 is 0 Å². The fraction of sp³-hybridized carbons (Fsp3) is 0.474. The van der Waals surface area contributed by atoms with Gasteiger partial charge in [-0.15, -0.1) is 24.8 Å². The van der Waals surface area contributed by atoms with E-state index in [2.05, 4.69) is 4.98 Å². The summed E-state index contributed by atoms with van der Waals surface area (Å²) in [4.78, 5) is 18.6.